The summed E-state index contributed by atoms with van der Waals surface area (Å²) in [7, 11) is 4.17. The molecule has 0 spiro atoms. The second-order valence-electron chi connectivity index (χ2n) is 5.80. The SMILES string of the molecule is Cc1nc2c3ccccc3cc[n+]2nc1NCCCN(C)C. The maximum Gasteiger partial charge on any atom is 0.356 e. The van der Waals surface area contributed by atoms with Crippen LogP contribution in [-0.4, -0.2) is 42.2 Å². The molecule has 2 aromatic heterocycles. The lowest BCUT2D eigenvalue weighted by Crippen LogP contribution is -2.30. The number of hydrogen-bond acceptors (Lipinski definition) is 4. The Morgan fingerprint density at radius 1 is 1.18 bits per heavy atom. The van der Waals surface area contributed by atoms with Crippen molar-refractivity contribution >= 4 is 22.2 Å². The van der Waals surface area contributed by atoms with E-state index in [1.54, 1.807) is 0 Å². The van der Waals surface area contributed by atoms with Crippen LogP contribution in [0.5, 0.6) is 0 Å². The number of rotatable bonds is 5. The number of pyridine rings is 1. The molecule has 0 atom stereocenters. The number of hydrogen-bond donors (Lipinski definition) is 1. The normalized spacial score (nSPS) is 11.5. The molecule has 0 radical (unpaired) electrons. The molecule has 0 bridgehead atoms. The molecule has 1 N–H and O–H groups in total. The maximum absolute atomic E-state index is 4.75. The van der Waals surface area contributed by atoms with Crippen LogP contribution in [0.25, 0.3) is 16.4 Å². The van der Waals surface area contributed by atoms with Gasteiger partial charge in [0.25, 0.3) is 0 Å². The summed E-state index contributed by atoms with van der Waals surface area (Å²) in [6.45, 7) is 3.96. The lowest BCUT2D eigenvalue weighted by molar-refractivity contribution is -0.580. The third kappa shape index (κ3) is 2.99. The molecule has 0 aliphatic heterocycles. The monoisotopic (exact) mass is 296 g/mol. The molecular weight excluding hydrogens is 274 g/mol. The highest BCUT2D eigenvalue weighted by molar-refractivity contribution is 5.91. The first kappa shape index (κ1) is 14.7. The van der Waals surface area contributed by atoms with E-state index < -0.39 is 0 Å². The van der Waals surface area contributed by atoms with Crippen molar-refractivity contribution in [3.05, 3.63) is 42.2 Å². The summed E-state index contributed by atoms with van der Waals surface area (Å²) in [6.07, 6.45) is 3.05. The molecule has 0 saturated carbocycles. The molecule has 22 heavy (non-hydrogen) atoms. The predicted molar refractivity (Wildman–Crippen MR) is 89.1 cm³/mol. The number of nitrogens with one attached hydrogen (secondary N) is 1. The van der Waals surface area contributed by atoms with E-state index in [1.807, 2.05) is 29.8 Å². The summed E-state index contributed by atoms with van der Waals surface area (Å²) in [5, 5.41) is 10.4. The summed E-state index contributed by atoms with van der Waals surface area (Å²) >= 11 is 0. The van der Waals surface area contributed by atoms with E-state index in [1.165, 1.54) is 5.39 Å². The molecule has 2 heterocycles. The minimum Gasteiger partial charge on any atom is -0.364 e. The zero-order chi connectivity index (χ0) is 15.5. The fraction of sp³-hybridized carbons (Fsp3) is 0.353. The summed E-state index contributed by atoms with van der Waals surface area (Å²) in [5.74, 6) is 0.853. The summed E-state index contributed by atoms with van der Waals surface area (Å²) in [5.41, 5.74) is 1.83. The standard InChI is InChI=1S/C17H22N5/c1-13-16(18-10-6-11-21(2)3)20-22-12-9-14-7-4-5-8-15(14)17(22)19-13/h4-5,7-9,12H,6,10-11H2,1-3H3,(H,18,20)/q+1. The van der Waals surface area contributed by atoms with E-state index >= 15 is 0 Å². The Bertz CT molecular complexity index is 798. The molecular formula is C17H22N5+. The molecule has 0 aliphatic rings. The van der Waals surface area contributed by atoms with E-state index in [0.29, 0.717) is 0 Å². The molecule has 0 unspecified atom stereocenters. The Labute approximate surface area is 130 Å². The Kier molecular flexibility index (Phi) is 4.15. The van der Waals surface area contributed by atoms with Gasteiger partial charge in [-0.15, -0.1) is 0 Å². The van der Waals surface area contributed by atoms with E-state index in [4.69, 9.17) is 4.98 Å². The van der Waals surface area contributed by atoms with Crippen LogP contribution in [0.2, 0.25) is 0 Å². The number of aromatic nitrogens is 3. The molecule has 1 aromatic carbocycles. The quantitative estimate of drug-likeness (QED) is 0.444. The molecule has 5 heteroatoms. The zero-order valence-electron chi connectivity index (χ0n) is 13.4. The van der Waals surface area contributed by atoms with Gasteiger partial charge in [-0.05, 0) is 49.6 Å². The molecule has 0 saturated heterocycles. The fourth-order valence-corrected chi connectivity index (χ4v) is 2.54. The molecule has 0 amide bonds. The van der Waals surface area contributed by atoms with Crippen LogP contribution in [0.1, 0.15) is 12.1 Å². The fourth-order valence-electron chi connectivity index (χ4n) is 2.54. The Balaban J connectivity index is 1.90. The van der Waals surface area contributed by atoms with Crippen molar-refractivity contribution in [1.82, 2.24) is 15.0 Å². The first-order chi connectivity index (χ1) is 10.6. The predicted octanol–water partition coefficient (Wildman–Crippen LogP) is 2.04. The van der Waals surface area contributed by atoms with E-state index in [2.05, 4.69) is 47.6 Å². The van der Waals surface area contributed by atoms with Gasteiger partial charge in [-0.1, -0.05) is 27.8 Å². The number of aryl methyl sites for hydroxylation is 1. The van der Waals surface area contributed by atoms with Gasteiger partial charge in [0.15, 0.2) is 5.69 Å². The minimum atomic E-state index is 0.853. The summed E-state index contributed by atoms with van der Waals surface area (Å²) < 4.78 is 1.85. The van der Waals surface area contributed by atoms with Gasteiger partial charge in [0, 0.05) is 13.5 Å². The van der Waals surface area contributed by atoms with Crippen molar-refractivity contribution in [2.45, 2.75) is 13.3 Å². The highest BCUT2D eigenvalue weighted by Gasteiger charge is 2.15. The average molecular weight is 296 g/mol. The number of fused-ring (bicyclic) bond motifs is 3. The van der Waals surface area contributed by atoms with Crippen molar-refractivity contribution in [3.63, 3.8) is 0 Å². The van der Waals surface area contributed by atoms with Gasteiger partial charge in [0.05, 0.1) is 5.39 Å². The lowest BCUT2D eigenvalue weighted by atomic mass is 10.2. The smallest absolute Gasteiger partial charge is 0.356 e. The average Bonchev–Trinajstić information content (AvgIpc) is 2.51. The van der Waals surface area contributed by atoms with Gasteiger partial charge in [-0.25, -0.2) is 0 Å². The highest BCUT2D eigenvalue weighted by atomic mass is 15.3. The first-order valence-corrected chi connectivity index (χ1v) is 7.62. The van der Waals surface area contributed by atoms with Crippen LogP contribution in [-0.2, 0) is 0 Å². The Morgan fingerprint density at radius 3 is 2.82 bits per heavy atom. The summed E-state index contributed by atoms with van der Waals surface area (Å²) in [6, 6.07) is 10.3. The highest BCUT2D eigenvalue weighted by Crippen LogP contribution is 2.16. The first-order valence-electron chi connectivity index (χ1n) is 7.62. The van der Waals surface area contributed by atoms with E-state index in [-0.39, 0.29) is 0 Å². The van der Waals surface area contributed by atoms with Crippen molar-refractivity contribution in [2.75, 3.05) is 32.5 Å². The molecule has 0 fully saturated rings. The second-order valence-corrected chi connectivity index (χ2v) is 5.80. The van der Waals surface area contributed by atoms with Gasteiger partial charge in [0.2, 0.25) is 5.82 Å². The van der Waals surface area contributed by atoms with Crippen molar-refractivity contribution in [2.24, 2.45) is 0 Å². The van der Waals surface area contributed by atoms with Gasteiger partial charge in [0.1, 0.15) is 6.20 Å². The van der Waals surface area contributed by atoms with Crippen molar-refractivity contribution in [3.8, 4) is 0 Å². The summed E-state index contributed by atoms with van der Waals surface area (Å²) in [4.78, 5) is 6.93. The number of benzene rings is 1. The number of nitrogens with zero attached hydrogens (tertiary/aromatic N) is 4. The van der Waals surface area contributed by atoms with Gasteiger partial charge in [-0.2, -0.15) is 0 Å². The zero-order valence-corrected chi connectivity index (χ0v) is 13.4. The molecule has 3 rings (SSSR count). The van der Waals surface area contributed by atoms with E-state index in [0.717, 1.165) is 42.1 Å². The molecule has 3 aromatic rings. The van der Waals surface area contributed by atoms with Crippen LogP contribution < -0.4 is 9.83 Å². The largest absolute Gasteiger partial charge is 0.364 e. The molecule has 114 valence electrons. The minimum absolute atomic E-state index is 0.853. The molecule has 0 aliphatic carbocycles. The van der Waals surface area contributed by atoms with Crippen LogP contribution in [0.15, 0.2) is 36.5 Å². The lowest BCUT2D eigenvalue weighted by Gasteiger charge is -2.09. The Morgan fingerprint density at radius 2 is 2.00 bits per heavy atom. The Hall–Kier alpha value is -2.27. The maximum atomic E-state index is 4.75. The van der Waals surface area contributed by atoms with Gasteiger partial charge in [-0.3, -0.25) is 0 Å². The second kappa shape index (κ2) is 6.23. The van der Waals surface area contributed by atoms with Crippen molar-refractivity contribution < 1.29 is 4.52 Å². The third-order valence-electron chi connectivity index (χ3n) is 3.71. The van der Waals surface area contributed by atoms with Gasteiger partial charge >= 0.3 is 5.65 Å². The molecule has 5 nitrogen and oxygen atoms in total. The van der Waals surface area contributed by atoms with Crippen LogP contribution in [0.4, 0.5) is 5.82 Å². The van der Waals surface area contributed by atoms with Gasteiger partial charge < -0.3 is 10.2 Å². The number of anilines is 1. The van der Waals surface area contributed by atoms with Crippen LogP contribution >= 0.6 is 0 Å². The van der Waals surface area contributed by atoms with E-state index in [9.17, 15) is 0 Å². The third-order valence-corrected chi connectivity index (χ3v) is 3.71. The van der Waals surface area contributed by atoms with Crippen LogP contribution in [0, 0.1) is 6.92 Å². The van der Waals surface area contributed by atoms with Crippen LogP contribution in [0.3, 0.4) is 0 Å². The topological polar surface area (TPSA) is 45.2 Å². The van der Waals surface area contributed by atoms with Crippen molar-refractivity contribution in [1.29, 1.82) is 0 Å².